The van der Waals surface area contributed by atoms with Gasteiger partial charge < -0.3 is 0 Å². The minimum atomic E-state index is 0.744. The van der Waals surface area contributed by atoms with Crippen LogP contribution in [0.1, 0.15) is 58.8 Å². The molecule has 0 heteroatoms. The summed E-state index contributed by atoms with van der Waals surface area (Å²) in [6.45, 7) is 0. The summed E-state index contributed by atoms with van der Waals surface area (Å²) in [5.74, 6) is 2.98. The van der Waals surface area contributed by atoms with Gasteiger partial charge in [-0.05, 0) is 35.1 Å². The lowest BCUT2D eigenvalue weighted by Gasteiger charge is -2.17. The predicted octanol–water partition coefficient (Wildman–Crippen LogP) is 3.97. The minimum absolute atomic E-state index is 0.744. The SMILES string of the molecule is C1=CC2CC1c1cc3c(cc12)C1C=CC3C1. The van der Waals surface area contributed by atoms with E-state index in [9.17, 15) is 0 Å². The summed E-state index contributed by atoms with van der Waals surface area (Å²) in [6.07, 6.45) is 12.4. The second kappa shape index (κ2) is 2.34. The molecule has 4 aliphatic carbocycles. The number of rotatable bonds is 0. The van der Waals surface area contributed by atoms with Crippen molar-refractivity contribution in [2.45, 2.75) is 36.5 Å². The van der Waals surface area contributed by atoms with E-state index in [4.69, 9.17) is 0 Å². The van der Waals surface area contributed by atoms with Gasteiger partial charge in [-0.15, -0.1) is 0 Å². The fourth-order valence-electron chi connectivity index (χ4n) is 4.27. The lowest BCUT2D eigenvalue weighted by molar-refractivity contribution is 0.792. The van der Waals surface area contributed by atoms with Crippen LogP contribution in [-0.4, -0.2) is 0 Å². The van der Waals surface area contributed by atoms with E-state index in [2.05, 4.69) is 36.4 Å². The van der Waals surface area contributed by atoms with Gasteiger partial charge in [0.15, 0.2) is 0 Å². The van der Waals surface area contributed by atoms with Crippen LogP contribution >= 0.6 is 0 Å². The van der Waals surface area contributed by atoms with Gasteiger partial charge in [-0.2, -0.15) is 0 Å². The Bertz CT molecular complexity index is 467. The van der Waals surface area contributed by atoms with Crippen LogP contribution in [-0.2, 0) is 0 Å². The van der Waals surface area contributed by atoms with Crippen LogP contribution in [0.5, 0.6) is 0 Å². The van der Waals surface area contributed by atoms with E-state index in [-0.39, 0.29) is 0 Å². The molecule has 0 N–H and O–H groups in total. The average Bonchev–Trinajstić information content (AvgIpc) is 3.07. The van der Waals surface area contributed by atoms with Crippen LogP contribution < -0.4 is 0 Å². The minimum Gasteiger partial charge on any atom is -0.0804 e. The molecular weight excluding hydrogens is 192 g/mol. The van der Waals surface area contributed by atoms with Crippen molar-refractivity contribution in [3.05, 3.63) is 58.7 Å². The molecule has 1 aromatic rings. The fourth-order valence-corrected chi connectivity index (χ4v) is 4.27. The van der Waals surface area contributed by atoms with E-state index in [0.717, 1.165) is 23.7 Å². The molecule has 0 amide bonds. The van der Waals surface area contributed by atoms with E-state index in [0.29, 0.717) is 0 Å². The number of hydrogen-bond acceptors (Lipinski definition) is 0. The Hall–Kier alpha value is -1.30. The van der Waals surface area contributed by atoms with Gasteiger partial charge >= 0.3 is 0 Å². The molecule has 1 aromatic carbocycles. The van der Waals surface area contributed by atoms with Gasteiger partial charge in [0.05, 0.1) is 0 Å². The normalized spacial score (nSPS) is 39.5. The van der Waals surface area contributed by atoms with Crippen LogP contribution in [0, 0.1) is 0 Å². The lowest BCUT2D eigenvalue weighted by Crippen LogP contribution is -2.00. The molecule has 5 rings (SSSR count). The summed E-state index contributed by atoms with van der Waals surface area (Å²) in [4.78, 5) is 0. The van der Waals surface area contributed by atoms with Crippen molar-refractivity contribution in [1.82, 2.24) is 0 Å². The zero-order valence-electron chi connectivity index (χ0n) is 9.19. The largest absolute Gasteiger partial charge is 0.0804 e. The highest BCUT2D eigenvalue weighted by Crippen LogP contribution is 2.55. The molecule has 0 fully saturated rings. The summed E-state index contributed by atoms with van der Waals surface area (Å²) in [5, 5.41) is 0. The molecule has 0 heterocycles. The topological polar surface area (TPSA) is 0 Å². The van der Waals surface area contributed by atoms with E-state index < -0.39 is 0 Å². The summed E-state index contributed by atoms with van der Waals surface area (Å²) in [5.41, 5.74) is 6.58. The van der Waals surface area contributed by atoms with Crippen LogP contribution in [0.4, 0.5) is 0 Å². The van der Waals surface area contributed by atoms with E-state index >= 15 is 0 Å². The van der Waals surface area contributed by atoms with Crippen molar-refractivity contribution in [2.75, 3.05) is 0 Å². The van der Waals surface area contributed by atoms with E-state index in [1.54, 1.807) is 22.3 Å². The standard InChI is InChI=1S/C16H14/c1-2-10-5-9(1)13-7-15-11-3-4-12(6-11)16(15)8-14(10)13/h1-4,7-12H,5-6H2. The summed E-state index contributed by atoms with van der Waals surface area (Å²) < 4.78 is 0. The van der Waals surface area contributed by atoms with Gasteiger partial charge in [0.25, 0.3) is 0 Å². The van der Waals surface area contributed by atoms with Gasteiger partial charge in [-0.25, -0.2) is 0 Å². The first kappa shape index (κ1) is 7.89. The Morgan fingerprint density at radius 2 is 0.875 bits per heavy atom. The predicted molar refractivity (Wildman–Crippen MR) is 64.9 cm³/mol. The van der Waals surface area contributed by atoms with Crippen LogP contribution in [0.25, 0.3) is 0 Å². The third-order valence-electron chi connectivity index (χ3n) is 5.05. The van der Waals surface area contributed by atoms with E-state index in [1.165, 1.54) is 12.8 Å². The Labute approximate surface area is 95.7 Å². The second-order valence-corrected chi connectivity index (χ2v) is 5.78. The Balaban J connectivity index is 1.80. The summed E-state index contributed by atoms with van der Waals surface area (Å²) >= 11 is 0. The third-order valence-corrected chi connectivity index (χ3v) is 5.05. The first-order valence-corrected chi connectivity index (χ1v) is 6.44. The van der Waals surface area contributed by atoms with Gasteiger partial charge in [0.2, 0.25) is 0 Å². The molecule has 4 aliphatic rings. The Morgan fingerprint density at radius 3 is 1.19 bits per heavy atom. The van der Waals surface area contributed by atoms with E-state index in [1.807, 2.05) is 0 Å². The maximum absolute atomic E-state index is 2.53. The molecule has 0 saturated carbocycles. The molecule has 16 heavy (non-hydrogen) atoms. The summed E-state index contributed by atoms with van der Waals surface area (Å²) in [7, 11) is 0. The average molecular weight is 206 g/mol. The van der Waals surface area contributed by atoms with Crippen molar-refractivity contribution in [2.24, 2.45) is 0 Å². The second-order valence-electron chi connectivity index (χ2n) is 5.78. The Kier molecular flexibility index (Phi) is 1.16. The van der Waals surface area contributed by atoms with Crippen molar-refractivity contribution in [1.29, 1.82) is 0 Å². The highest BCUT2D eigenvalue weighted by atomic mass is 14.4. The highest BCUT2D eigenvalue weighted by molar-refractivity contribution is 5.57. The molecule has 0 saturated heterocycles. The maximum Gasteiger partial charge on any atom is 0.00300 e. The fraction of sp³-hybridized carbons (Fsp3) is 0.375. The molecule has 0 aliphatic heterocycles. The molecule has 0 radical (unpaired) electrons. The molecule has 0 aromatic heterocycles. The first-order chi connectivity index (χ1) is 7.90. The number of hydrogen-bond donors (Lipinski definition) is 0. The molecule has 0 spiro atoms. The molecule has 0 nitrogen and oxygen atoms in total. The zero-order valence-corrected chi connectivity index (χ0v) is 9.19. The zero-order chi connectivity index (χ0) is 10.3. The molecule has 78 valence electrons. The quantitative estimate of drug-likeness (QED) is 0.563. The maximum atomic E-state index is 2.53. The third kappa shape index (κ3) is 0.733. The number of allylic oxidation sites excluding steroid dienone is 4. The molecular formula is C16H14. The van der Waals surface area contributed by atoms with Crippen molar-refractivity contribution < 1.29 is 0 Å². The van der Waals surface area contributed by atoms with Gasteiger partial charge in [-0.1, -0.05) is 36.4 Å². The van der Waals surface area contributed by atoms with Crippen LogP contribution in [0.2, 0.25) is 0 Å². The smallest absolute Gasteiger partial charge is 0.00300 e. The molecule has 4 bridgehead atoms. The van der Waals surface area contributed by atoms with Crippen molar-refractivity contribution in [3.63, 3.8) is 0 Å². The van der Waals surface area contributed by atoms with Crippen LogP contribution in [0.15, 0.2) is 36.4 Å². The highest BCUT2D eigenvalue weighted by Gasteiger charge is 2.38. The molecule has 4 atom stereocenters. The lowest BCUT2D eigenvalue weighted by atomic mass is 9.88. The van der Waals surface area contributed by atoms with Gasteiger partial charge in [0.1, 0.15) is 0 Å². The van der Waals surface area contributed by atoms with Gasteiger partial charge in [0, 0.05) is 23.7 Å². The monoisotopic (exact) mass is 206 g/mol. The first-order valence-electron chi connectivity index (χ1n) is 6.44. The Morgan fingerprint density at radius 1 is 0.562 bits per heavy atom. The van der Waals surface area contributed by atoms with Crippen molar-refractivity contribution in [3.8, 4) is 0 Å². The number of fused-ring (bicyclic) bond motifs is 10. The number of benzene rings is 1. The van der Waals surface area contributed by atoms with Crippen molar-refractivity contribution >= 4 is 0 Å². The van der Waals surface area contributed by atoms with Gasteiger partial charge in [-0.3, -0.25) is 0 Å². The summed E-state index contributed by atoms with van der Waals surface area (Å²) in [6, 6.07) is 5.07. The van der Waals surface area contributed by atoms with Crippen LogP contribution in [0.3, 0.4) is 0 Å². The molecule has 4 unspecified atom stereocenters.